The summed E-state index contributed by atoms with van der Waals surface area (Å²) in [6.45, 7) is 0. The first-order valence-corrected chi connectivity index (χ1v) is 7.26. The molecule has 0 amide bonds. The van der Waals surface area contributed by atoms with Crippen LogP contribution in [0.15, 0.2) is 23.6 Å². The SMILES string of the molecule is CS(=O)(=O)Cc1csc2cc(O)ccc12. The van der Waals surface area contributed by atoms with Crippen molar-refractivity contribution < 1.29 is 13.5 Å². The van der Waals surface area contributed by atoms with Gasteiger partial charge in [0.2, 0.25) is 0 Å². The molecule has 0 bridgehead atoms. The molecular weight excluding hydrogens is 232 g/mol. The van der Waals surface area contributed by atoms with E-state index in [2.05, 4.69) is 0 Å². The topological polar surface area (TPSA) is 54.4 Å². The van der Waals surface area contributed by atoms with Crippen LogP contribution in [0.4, 0.5) is 0 Å². The molecule has 0 fully saturated rings. The molecule has 15 heavy (non-hydrogen) atoms. The minimum absolute atomic E-state index is 0.0533. The second-order valence-electron chi connectivity index (χ2n) is 3.51. The van der Waals surface area contributed by atoms with Crippen molar-refractivity contribution >= 4 is 31.3 Å². The Kier molecular flexibility index (Phi) is 2.44. The molecule has 0 saturated carbocycles. The van der Waals surface area contributed by atoms with E-state index in [1.54, 1.807) is 18.2 Å². The van der Waals surface area contributed by atoms with Gasteiger partial charge in [0.05, 0.1) is 5.75 Å². The largest absolute Gasteiger partial charge is 0.508 e. The molecule has 1 heterocycles. The van der Waals surface area contributed by atoms with Crippen LogP contribution in [0, 0.1) is 0 Å². The molecule has 0 unspecified atom stereocenters. The Labute approximate surface area is 91.9 Å². The average Bonchev–Trinajstić information content (AvgIpc) is 2.45. The Morgan fingerprint density at radius 2 is 2.13 bits per heavy atom. The van der Waals surface area contributed by atoms with Gasteiger partial charge in [-0.3, -0.25) is 0 Å². The van der Waals surface area contributed by atoms with Crippen LogP contribution in [0.2, 0.25) is 0 Å². The van der Waals surface area contributed by atoms with Gasteiger partial charge in [0.15, 0.2) is 9.84 Å². The van der Waals surface area contributed by atoms with E-state index in [0.29, 0.717) is 0 Å². The second kappa shape index (κ2) is 3.50. The molecule has 1 N–H and O–H groups in total. The average molecular weight is 242 g/mol. The number of phenols is 1. The summed E-state index contributed by atoms with van der Waals surface area (Å²) in [5.41, 5.74) is 0.803. The van der Waals surface area contributed by atoms with E-state index in [4.69, 9.17) is 0 Å². The zero-order chi connectivity index (χ0) is 11.1. The fraction of sp³-hybridized carbons (Fsp3) is 0.200. The van der Waals surface area contributed by atoms with Crippen molar-refractivity contribution in [3.05, 3.63) is 29.1 Å². The van der Waals surface area contributed by atoms with Gasteiger partial charge in [-0.15, -0.1) is 11.3 Å². The molecule has 2 aromatic rings. The highest BCUT2D eigenvalue weighted by Gasteiger charge is 2.10. The van der Waals surface area contributed by atoms with Gasteiger partial charge in [0, 0.05) is 11.0 Å². The van der Waals surface area contributed by atoms with E-state index in [1.165, 1.54) is 17.6 Å². The smallest absolute Gasteiger partial charge is 0.151 e. The van der Waals surface area contributed by atoms with Crippen LogP contribution >= 0.6 is 11.3 Å². The third kappa shape index (κ3) is 2.30. The van der Waals surface area contributed by atoms with Gasteiger partial charge in [-0.1, -0.05) is 0 Å². The number of fused-ring (bicyclic) bond motifs is 1. The molecule has 0 spiro atoms. The van der Waals surface area contributed by atoms with Crippen LogP contribution in [0.3, 0.4) is 0 Å². The molecule has 0 aliphatic rings. The summed E-state index contributed by atoms with van der Waals surface area (Å²) >= 11 is 1.44. The molecule has 0 radical (unpaired) electrons. The third-order valence-electron chi connectivity index (χ3n) is 2.06. The molecule has 5 heteroatoms. The van der Waals surface area contributed by atoms with Crippen LogP contribution in [0.1, 0.15) is 5.56 Å². The van der Waals surface area contributed by atoms with Crippen molar-refractivity contribution in [3.63, 3.8) is 0 Å². The third-order valence-corrected chi connectivity index (χ3v) is 3.89. The molecule has 1 aromatic heterocycles. The number of hydrogen-bond donors (Lipinski definition) is 1. The molecule has 0 aliphatic carbocycles. The van der Waals surface area contributed by atoms with Gasteiger partial charge in [0.25, 0.3) is 0 Å². The second-order valence-corrected chi connectivity index (χ2v) is 6.56. The number of sulfone groups is 1. The summed E-state index contributed by atoms with van der Waals surface area (Å²) in [4.78, 5) is 0. The van der Waals surface area contributed by atoms with Crippen molar-refractivity contribution in [2.24, 2.45) is 0 Å². The van der Waals surface area contributed by atoms with E-state index in [9.17, 15) is 13.5 Å². The van der Waals surface area contributed by atoms with Gasteiger partial charge in [0.1, 0.15) is 5.75 Å². The lowest BCUT2D eigenvalue weighted by atomic mass is 10.2. The monoisotopic (exact) mass is 242 g/mol. The van der Waals surface area contributed by atoms with Crippen LogP contribution in [0.25, 0.3) is 10.1 Å². The van der Waals surface area contributed by atoms with Crippen LogP contribution in [0.5, 0.6) is 5.75 Å². The first-order valence-electron chi connectivity index (χ1n) is 4.32. The number of hydrogen-bond acceptors (Lipinski definition) is 4. The zero-order valence-electron chi connectivity index (χ0n) is 8.10. The summed E-state index contributed by atoms with van der Waals surface area (Å²) in [5.74, 6) is 0.257. The molecule has 80 valence electrons. The lowest BCUT2D eigenvalue weighted by Gasteiger charge is -1.97. The molecule has 0 saturated heterocycles. The highest BCUT2D eigenvalue weighted by molar-refractivity contribution is 7.89. The maximum atomic E-state index is 11.2. The molecule has 2 rings (SSSR count). The summed E-state index contributed by atoms with van der Waals surface area (Å²) in [5, 5.41) is 12.0. The fourth-order valence-electron chi connectivity index (χ4n) is 1.47. The van der Waals surface area contributed by atoms with Crippen molar-refractivity contribution in [3.8, 4) is 5.75 Å². The van der Waals surface area contributed by atoms with Crippen LogP contribution in [-0.4, -0.2) is 19.8 Å². The zero-order valence-corrected chi connectivity index (χ0v) is 9.73. The molecule has 3 nitrogen and oxygen atoms in total. The van der Waals surface area contributed by atoms with Gasteiger partial charge in [-0.05, 0) is 34.5 Å². The summed E-state index contributed by atoms with van der Waals surface area (Å²) < 4.78 is 23.2. The Bertz CT molecular complexity index is 596. The van der Waals surface area contributed by atoms with Crippen molar-refractivity contribution in [1.29, 1.82) is 0 Å². The highest BCUT2D eigenvalue weighted by Crippen LogP contribution is 2.29. The maximum absolute atomic E-state index is 11.2. The number of thiophene rings is 1. The van der Waals surface area contributed by atoms with E-state index in [-0.39, 0.29) is 11.5 Å². The normalized spacial score (nSPS) is 12.1. The van der Waals surface area contributed by atoms with Gasteiger partial charge in [-0.2, -0.15) is 0 Å². The predicted molar refractivity (Wildman–Crippen MR) is 62.0 cm³/mol. The minimum Gasteiger partial charge on any atom is -0.508 e. The van der Waals surface area contributed by atoms with Gasteiger partial charge < -0.3 is 5.11 Å². The number of benzene rings is 1. The summed E-state index contributed by atoms with van der Waals surface area (Å²) in [6, 6.07) is 4.97. The number of phenolic OH excluding ortho intramolecular Hbond substituents is 1. The van der Waals surface area contributed by atoms with E-state index in [1.807, 2.05) is 5.38 Å². The lowest BCUT2D eigenvalue weighted by Crippen LogP contribution is -1.99. The fourth-order valence-corrected chi connectivity index (χ4v) is 3.37. The van der Waals surface area contributed by atoms with Crippen LogP contribution in [-0.2, 0) is 15.6 Å². The number of aromatic hydroxyl groups is 1. The Morgan fingerprint density at radius 1 is 1.40 bits per heavy atom. The van der Waals surface area contributed by atoms with E-state index < -0.39 is 9.84 Å². The first kappa shape index (κ1) is 10.4. The number of rotatable bonds is 2. The molecule has 1 aromatic carbocycles. The molecule has 0 aliphatic heterocycles. The first-order chi connectivity index (χ1) is 6.96. The summed E-state index contributed by atoms with van der Waals surface area (Å²) in [7, 11) is -3.00. The molecule has 0 atom stereocenters. The van der Waals surface area contributed by atoms with Crippen molar-refractivity contribution in [2.45, 2.75) is 5.75 Å². The van der Waals surface area contributed by atoms with Gasteiger partial charge >= 0.3 is 0 Å². The lowest BCUT2D eigenvalue weighted by molar-refractivity contribution is 0.476. The molecular formula is C10H10O3S2. The van der Waals surface area contributed by atoms with Crippen molar-refractivity contribution in [1.82, 2.24) is 0 Å². The van der Waals surface area contributed by atoms with E-state index in [0.717, 1.165) is 15.6 Å². The minimum atomic E-state index is -3.00. The highest BCUT2D eigenvalue weighted by atomic mass is 32.2. The van der Waals surface area contributed by atoms with Crippen molar-refractivity contribution in [2.75, 3.05) is 6.26 Å². The quantitative estimate of drug-likeness (QED) is 0.878. The predicted octanol–water partition coefficient (Wildman–Crippen LogP) is 2.15. The standard InChI is InChI=1S/C10H10O3S2/c1-15(12,13)6-7-5-14-10-4-8(11)2-3-9(7)10/h2-5,11H,6H2,1H3. The Balaban J connectivity index is 2.55. The Hall–Kier alpha value is -1.07. The maximum Gasteiger partial charge on any atom is 0.151 e. The Morgan fingerprint density at radius 3 is 2.80 bits per heavy atom. The van der Waals surface area contributed by atoms with Gasteiger partial charge in [-0.25, -0.2) is 8.42 Å². The van der Waals surface area contributed by atoms with E-state index >= 15 is 0 Å². The summed E-state index contributed by atoms with van der Waals surface area (Å²) in [6.07, 6.45) is 1.22. The van der Waals surface area contributed by atoms with Crippen LogP contribution < -0.4 is 0 Å².